The zero-order chi connectivity index (χ0) is 11.1. The molecule has 0 aromatic rings. The monoisotopic (exact) mass is 211 g/mol. The Morgan fingerprint density at radius 3 is 2.27 bits per heavy atom. The van der Waals surface area contributed by atoms with E-state index < -0.39 is 0 Å². The Balaban J connectivity index is 2.29. The van der Waals surface area contributed by atoms with E-state index in [0.29, 0.717) is 0 Å². The third-order valence-electron chi connectivity index (χ3n) is 4.11. The molecule has 15 heavy (non-hydrogen) atoms. The minimum atomic E-state index is 0.878. The molecule has 0 spiro atoms. The molecule has 0 amide bonds. The van der Waals surface area contributed by atoms with Crippen LogP contribution in [-0.4, -0.2) is 24.0 Å². The minimum absolute atomic E-state index is 0.878. The van der Waals surface area contributed by atoms with Gasteiger partial charge in [-0.25, -0.2) is 0 Å². The van der Waals surface area contributed by atoms with Gasteiger partial charge >= 0.3 is 0 Å². The number of hydrogen-bond acceptors (Lipinski definition) is 1. The number of rotatable bonds is 6. The first kappa shape index (κ1) is 13.0. The van der Waals surface area contributed by atoms with Crippen LogP contribution in [0.15, 0.2) is 0 Å². The predicted molar refractivity (Wildman–Crippen MR) is 68.2 cm³/mol. The number of hydrogen-bond donors (Lipinski definition) is 0. The van der Waals surface area contributed by atoms with E-state index in [0.717, 1.165) is 12.0 Å². The van der Waals surface area contributed by atoms with Crippen LogP contribution in [0.5, 0.6) is 0 Å². The van der Waals surface area contributed by atoms with Gasteiger partial charge in [-0.1, -0.05) is 40.0 Å². The lowest BCUT2D eigenvalue weighted by Gasteiger charge is -2.37. The summed E-state index contributed by atoms with van der Waals surface area (Å²) in [5, 5.41) is 0. The quantitative estimate of drug-likeness (QED) is 0.640. The highest BCUT2D eigenvalue weighted by Crippen LogP contribution is 2.24. The molecule has 0 bridgehead atoms. The van der Waals surface area contributed by atoms with E-state index in [1.807, 2.05) is 0 Å². The molecular formula is C14H29N. The van der Waals surface area contributed by atoms with Gasteiger partial charge in [0, 0.05) is 6.04 Å². The highest BCUT2D eigenvalue weighted by Gasteiger charge is 2.22. The van der Waals surface area contributed by atoms with Crippen molar-refractivity contribution in [2.24, 2.45) is 5.92 Å². The average Bonchev–Trinajstić information content (AvgIpc) is 2.31. The average molecular weight is 211 g/mol. The third-order valence-corrected chi connectivity index (χ3v) is 4.11. The smallest absolute Gasteiger partial charge is 0.00926 e. The maximum atomic E-state index is 2.75. The zero-order valence-corrected chi connectivity index (χ0v) is 11.0. The Bertz CT molecular complexity index is 147. The van der Waals surface area contributed by atoms with Crippen LogP contribution in [0.1, 0.15) is 65.7 Å². The molecule has 1 aliphatic heterocycles. The largest absolute Gasteiger partial charge is 0.300 e. The van der Waals surface area contributed by atoms with Crippen molar-refractivity contribution in [1.82, 2.24) is 4.90 Å². The first-order valence-electron chi connectivity index (χ1n) is 7.05. The lowest BCUT2D eigenvalue weighted by atomic mass is 9.92. The summed E-state index contributed by atoms with van der Waals surface area (Å²) in [4.78, 5) is 2.75. The van der Waals surface area contributed by atoms with Crippen molar-refractivity contribution in [2.75, 3.05) is 13.1 Å². The topological polar surface area (TPSA) is 3.24 Å². The molecule has 0 aromatic heterocycles. The van der Waals surface area contributed by atoms with Gasteiger partial charge in [-0.3, -0.25) is 0 Å². The van der Waals surface area contributed by atoms with Crippen molar-refractivity contribution in [3.8, 4) is 0 Å². The van der Waals surface area contributed by atoms with E-state index in [2.05, 4.69) is 25.7 Å². The van der Waals surface area contributed by atoms with Crippen molar-refractivity contribution in [2.45, 2.75) is 71.8 Å². The van der Waals surface area contributed by atoms with Gasteiger partial charge in [0.1, 0.15) is 0 Å². The molecule has 1 saturated heterocycles. The van der Waals surface area contributed by atoms with Crippen molar-refractivity contribution in [1.29, 1.82) is 0 Å². The maximum absolute atomic E-state index is 2.75. The molecule has 1 nitrogen and oxygen atoms in total. The molecule has 90 valence electrons. The number of unbranched alkanes of at least 4 members (excludes halogenated alkanes) is 1. The molecule has 0 N–H and O–H groups in total. The number of piperidine rings is 1. The summed E-state index contributed by atoms with van der Waals surface area (Å²) in [5.41, 5.74) is 0. The molecule has 1 unspecified atom stereocenters. The second kappa shape index (κ2) is 7.27. The summed E-state index contributed by atoms with van der Waals surface area (Å²) in [6, 6.07) is 0.878. The van der Waals surface area contributed by atoms with E-state index in [1.54, 1.807) is 0 Å². The minimum Gasteiger partial charge on any atom is -0.300 e. The van der Waals surface area contributed by atoms with Gasteiger partial charge in [-0.15, -0.1) is 0 Å². The fourth-order valence-electron chi connectivity index (χ4n) is 2.81. The van der Waals surface area contributed by atoms with E-state index in [1.165, 1.54) is 58.0 Å². The highest BCUT2D eigenvalue weighted by atomic mass is 15.2. The third kappa shape index (κ3) is 4.14. The van der Waals surface area contributed by atoms with Gasteiger partial charge in [-0.2, -0.15) is 0 Å². The van der Waals surface area contributed by atoms with E-state index in [4.69, 9.17) is 0 Å². The Morgan fingerprint density at radius 2 is 1.80 bits per heavy atom. The van der Waals surface area contributed by atoms with Crippen molar-refractivity contribution in [3.05, 3.63) is 0 Å². The molecule has 1 aliphatic rings. The molecule has 1 heterocycles. The van der Waals surface area contributed by atoms with Gasteiger partial charge in [0.05, 0.1) is 0 Å². The van der Waals surface area contributed by atoms with Gasteiger partial charge in [-0.05, 0) is 44.7 Å². The first-order valence-corrected chi connectivity index (χ1v) is 7.05. The first-order chi connectivity index (χ1) is 7.31. The van der Waals surface area contributed by atoms with Gasteiger partial charge in [0.2, 0.25) is 0 Å². The Morgan fingerprint density at radius 1 is 1.13 bits per heavy atom. The maximum Gasteiger partial charge on any atom is 0.00926 e. The van der Waals surface area contributed by atoms with Crippen LogP contribution in [0.3, 0.4) is 0 Å². The van der Waals surface area contributed by atoms with E-state index >= 15 is 0 Å². The highest BCUT2D eigenvalue weighted by molar-refractivity contribution is 4.77. The molecule has 1 heteroatoms. The molecule has 1 fully saturated rings. The zero-order valence-electron chi connectivity index (χ0n) is 11.0. The van der Waals surface area contributed by atoms with Gasteiger partial charge in [0.15, 0.2) is 0 Å². The van der Waals surface area contributed by atoms with Crippen LogP contribution in [0.2, 0.25) is 0 Å². The van der Waals surface area contributed by atoms with Crippen LogP contribution in [0.25, 0.3) is 0 Å². The Hall–Kier alpha value is -0.0400. The predicted octanol–water partition coefficient (Wildman–Crippen LogP) is 4.08. The summed E-state index contributed by atoms with van der Waals surface area (Å²) in [6.45, 7) is 9.72. The summed E-state index contributed by atoms with van der Waals surface area (Å²) in [6.07, 6.45) is 9.80. The lowest BCUT2D eigenvalue weighted by Crippen LogP contribution is -2.41. The van der Waals surface area contributed by atoms with Crippen LogP contribution >= 0.6 is 0 Å². The summed E-state index contributed by atoms with van der Waals surface area (Å²) >= 11 is 0. The summed E-state index contributed by atoms with van der Waals surface area (Å²) in [5.74, 6) is 1.02. The molecule has 0 saturated carbocycles. The van der Waals surface area contributed by atoms with E-state index in [-0.39, 0.29) is 0 Å². The van der Waals surface area contributed by atoms with Gasteiger partial charge < -0.3 is 4.90 Å². The van der Waals surface area contributed by atoms with Crippen LogP contribution < -0.4 is 0 Å². The molecule has 0 radical (unpaired) electrons. The second-order valence-electron chi connectivity index (χ2n) is 5.09. The van der Waals surface area contributed by atoms with Crippen LogP contribution in [0, 0.1) is 5.92 Å². The summed E-state index contributed by atoms with van der Waals surface area (Å²) in [7, 11) is 0. The lowest BCUT2D eigenvalue weighted by molar-refractivity contribution is 0.120. The standard InChI is InChI=1S/C14H29N/c1-4-7-8-14(6-3)15-11-9-13(5-2)10-12-15/h13-14H,4-12H2,1-3H3. The van der Waals surface area contributed by atoms with Crippen LogP contribution in [-0.2, 0) is 0 Å². The Labute approximate surface area is 96.2 Å². The molecule has 1 rings (SSSR count). The molecule has 1 atom stereocenters. The fourth-order valence-corrected chi connectivity index (χ4v) is 2.81. The van der Waals surface area contributed by atoms with Crippen molar-refractivity contribution >= 4 is 0 Å². The van der Waals surface area contributed by atoms with Crippen molar-refractivity contribution in [3.63, 3.8) is 0 Å². The fraction of sp³-hybridized carbons (Fsp3) is 1.00. The SMILES string of the molecule is CCCCC(CC)N1CCC(CC)CC1. The van der Waals surface area contributed by atoms with Crippen LogP contribution in [0.4, 0.5) is 0 Å². The molecular weight excluding hydrogens is 182 g/mol. The Kier molecular flexibility index (Phi) is 6.31. The number of nitrogens with zero attached hydrogens (tertiary/aromatic N) is 1. The second-order valence-corrected chi connectivity index (χ2v) is 5.09. The molecule has 0 aliphatic carbocycles. The molecule has 0 aromatic carbocycles. The van der Waals surface area contributed by atoms with Crippen molar-refractivity contribution < 1.29 is 0 Å². The summed E-state index contributed by atoms with van der Waals surface area (Å²) < 4.78 is 0. The normalized spacial score (nSPS) is 21.8. The van der Waals surface area contributed by atoms with Gasteiger partial charge in [0.25, 0.3) is 0 Å². The number of likely N-dealkylation sites (tertiary alicyclic amines) is 1. The van der Waals surface area contributed by atoms with E-state index in [9.17, 15) is 0 Å².